The number of pyridine rings is 1. The molecule has 132 valence electrons. The van der Waals surface area contributed by atoms with Gasteiger partial charge in [0.1, 0.15) is 22.2 Å². The van der Waals surface area contributed by atoms with Gasteiger partial charge < -0.3 is 0 Å². The normalized spacial score (nSPS) is 12.3. The van der Waals surface area contributed by atoms with Crippen molar-refractivity contribution in [3.8, 4) is 11.3 Å². The fourth-order valence-corrected chi connectivity index (χ4v) is 3.52. The van der Waals surface area contributed by atoms with E-state index >= 15 is 0 Å². The van der Waals surface area contributed by atoms with Crippen LogP contribution >= 0.6 is 15.9 Å². The topological polar surface area (TPSA) is 77.5 Å². The Morgan fingerprint density at radius 3 is 2.44 bits per heavy atom. The molecule has 0 bridgehead atoms. The number of halogens is 5. The Bertz CT molecular complexity index is 1100. The highest BCUT2D eigenvalue weighted by Crippen LogP contribution is 2.34. The molecule has 0 aliphatic carbocycles. The Labute approximate surface area is 147 Å². The molecule has 0 aliphatic heterocycles. The van der Waals surface area contributed by atoms with Gasteiger partial charge in [-0.25, -0.2) is 35.6 Å². The van der Waals surface area contributed by atoms with E-state index in [0.29, 0.717) is 0 Å². The smallest absolute Gasteiger partial charge is 0.238 e. The van der Waals surface area contributed by atoms with Crippen LogP contribution in [0.25, 0.3) is 16.8 Å². The number of fused-ring (bicyclic) bond motifs is 1. The van der Waals surface area contributed by atoms with E-state index < -0.39 is 49.8 Å². The van der Waals surface area contributed by atoms with Gasteiger partial charge in [-0.3, -0.25) is 0 Å². The Morgan fingerprint density at radius 2 is 1.84 bits per heavy atom. The lowest BCUT2D eigenvalue weighted by Gasteiger charge is -2.04. The Hall–Kier alpha value is -1.98. The molecule has 25 heavy (non-hydrogen) atoms. The molecule has 3 rings (SSSR count). The molecule has 11 heteroatoms. The standard InChI is InChI=1S/C14H8BrF4N3O2S/c15-8-4-9(16)7(3-10(8)17)12-13(25(20,23)24)11-2-1-6(14(18)19)5-22(11)21-12/h1-5,14H,(H2,20,23,24). The van der Waals surface area contributed by atoms with Gasteiger partial charge >= 0.3 is 0 Å². The minimum absolute atomic E-state index is 0.135. The summed E-state index contributed by atoms with van der Waals surface area (Å²) < 4.78 is 78.2. The number of nitrogens with zero attached hydrogens (tertiary/aromatic N) is 2. The summed E-state index contributed by atoms with van der Waals surface area (Å²) >= 11 is 2.80. The van der Waals surface area contributed by atoms with Crippen molar-refractivity contribution in [2.75, 3.05) is 0 Å². The third-order valence-corrected chi connectivity index (χ3v) is 4.99. The van der Waals surface area contributed by atoms with E-state index in [9.17, 15) is 26.0 Å². The summed E-state index contributed by atoms with van der Waals surface area (Å²) in [6.07, 6.45) is -1.93. The molecule has 0 fully saturated rings. The van der Waals surface area contributed by atoms with Crippen LogP contribution in [0.15, 0.2) is 39.8 Å². The zero-order chi connectivity index (χ0) is 18.5. The monoisotopic (exact) mass is 437 g/mol. The maximum atomic E-state index is 14.2. The van der Waals surface area contributed by atoms with E-state index in [-0.39, 0.29) is 9.99 Å². The molecule has 2 N–H and O–H groups in total. The average Bonchev–Trinajstić information content (AvgIpc) is 2.88. The van der Waals surface area contributed by atoms with Gasteiger partial charge in [0, 0.05) is 17.3 Å². The summed E-state index contributed by atoms with van der Waals surface area (Å²) in [5.74, 6) is -1.82. The molecule has 0 atom stereocenters. The molecule has 2 aromatic heterocycles. The van der Waals surface area contributed by atoms with Crippen molar-refractivity contribution in [2.45, 2.75) is 11.3 Å². The van der Waals surface area contributed by atoms with Gasteiger partial charge in [-0.1, -0.05) is 0 Å². The highest BCUT2D eigenvalue weighted by atomic mass is 79.9. The molecule has 0 spiro atoms. The summed E-state index contributed by atoms with van der Waals surface area (Å²) in [7, 11) is -4.41. The van der Waals surface area contributed by atoms with E-state index in [2.05, 4.69) is 21.0 Å². The number of rotatable bonds is 3. The fraction of sp³-hybridized carbons (Fsp3) is 0.0714. The first-order chi connectivity index (χ1) is 11.6. The van der Waals surface area contributed by atoms with Crippen LogP contribution in [0.1, 0.15) is 12.0 Å². The van der Waals surface area contributed by atoms with E-state index in [1.165, 1.54) is 0 Å². The number of hydrogen-bond acceptors (Lipinski definition) is 3. The van der Waals surface area contributed by atoms with Crippen molar-refractivity contribution < 1.29 is 26.0 Å². The van der Waals surface area contributed by atoms with Gasteiger partial charge in [-0.2, -0.15) is 5.10 Å². The number of benzene rings is 1. The summed E-state index contributed by atoms with van der Waals surface area (Å²) in [6.45, 7) is 0. The lowest BCUT2D eigenvalue weighted by Crippen LogP contribution is -2.13. The van der Waals surface area contributed by atoms with Crippen LogP contribution in [0.3, 0.4) is 0 Å². The minimum atomic E-state index is -4.41. The van der Waals surface area contributed by atoms with Crippen LogP contribution in [0.2, 0.25) is 0 Å². The van der Waals surface area contributed by atoms with Crippen molar-refractivity contribution in [3.63, 3.8) is 0 Å². The molecular formula is C14H8BrF4N3O2S. The van der Waals surface area contributed by atoms with Crippen LogP contribution in [0.5, 0.6) is 0 Å². The van der Waals surface area contributed by atoms with E-state index in [0.717, 1.165) is 35.0 Å². The van der Waals surface area contributed by atoms with Gasteiger partial charge in [0.15, 0.2) is 0 Å². The van der Waals surface area contributed by atoms with Gasteiger partial charge in [0.2, 0.25) is 10.0 Å². The zero-order valence-electron chi connectivity index (χ0n) is 12.1. The van der Waals surface area contributed by atoms with E-state index in [4.69, 9.17) is 5.14 Å². The Balaban J connectivity index is 2.40. The molecule has 1 aromatic carbocycles. The summed E-state index contributed by atoms with van der Waals surface area (Å²) in [5, 5.41) is 8.99. The molecule has 2 heterocycles. The SMILES string of the molecule is NS(=O)(=O)c1c(-c2cc(F)c(Br)cc2F)nn2cc(C(F)F)ccc12. The predicted octanol–water partition coefficient (Wildman–Crippen LogP) is 3.63. The first-order valence-electron chi connectivity index (χ1n) is 6.57. The second-order valence-electron chi connectivity index (χ2n) is 5.06. The third-order valence-electron chi connectivity index (χ3n) is 3.41. The minimum Gasteiger partial charge on any atom is -0.238 e. The van der Waals surface area contributed by atoms with E-state index in [1.807, 2.05) is 0 Å². The lowest BCUT2D eigenvalue weighted by atomic mass is 10.1. The molecule has 0 amide bonds. The quantitative estimate of drug-likeness (QED) is 0.501. The molecule has 3 aromatic rings. The number of nitrogens with two attached hydrogens (primary N) is 1. The van der Waals surface area contributed by atoms with Crippen molar-refractivity contribution in [2.24, 2.45) is 5.14 Å². The van der Waals surface area contributed by atoms with Gasteiger partial charge in [0.05, 0.1) is 9.99 Å². The number of alkyl halides is 2. The van der Waals surface area contributed by atoms with Crippen molar-refractivity contribution >= 4 is 31.5 Å². The molecule has 0 saturated heterocycles. The Morgan fingerprint density at radius 1 is 1.16 bits per heavy atom. The lowest BCUT2D eigenvalue weighted by molar-refractivity contribution is 0.150. The van der Waals surface area contributed by atoms with Crippen molar-refractivity contribution in [1.29, 1.82) is 0 Å². The van der Waals surface area contributed by atoms with Crippen LogP contribution in [0, 0.1) is 11.6 Å². The van der Waals surface area contributed by atoms with Crippen LogP contribution in [-0.4, -0.2) is 18.0 Å². The first-order valence-corrected chi connectivity index (χ1v) is 8.91. The second-order valence-corrected chi connectivity index (χ2v) is 7.41. The van der Waals surface area contributed by atoms with E-state index in [1.54, 1.807) is 0 Å². The van der Waals surface area contributed by atoms with Crippen LogP contribution in [-0.2, 0) is 10.0 Å². The maximum Gasteiger partial charge on any atom is 0.265 e. The molecule has 0 radical (unpaired) electrons. The number of hydrogen-bond donors (Lipinski definition) is 1. The predicted molar refractivity (Wildman–Crippen MR) is 84.6 cm³/mol. The largest absolute Gasteiger partial charge is 0.265 e. The van der Waals surface area contributed by atoms with Crippen molar-refractivity contribution in [1.82, 2.24) is 9.61 Å². The average molecular weight is 438 g/mol. The summed E-state index contributed by atoms with van der Waals surface area (Å²) in [5.41, 5.74) is -1.50. The number of aromatic nitrogens is 2. The molecule has 0 aliphatic rings. The summed E-state index contributed by atoms with van der Waals surface area (Å²) in [4.78, 5) is -0.589. The van der Waals surface area contributed by atoms with Gasteiger partial charge in [0.25, 0.3) is 6.43 Å². The van der Waals surface area contributed by atoms with Gasteiger partial charge in [-0.15, -0.1) is 0 Å². The summed E-state index contributed by atoms with van der Waals surface area (Å²) in [6, 6.07) is 3.61. The van der Waals surface area contributed by atoms with Crippen molar-refractivity contribution in [3.05, 3.63) is 52.1 Å². The molecular weight excluding hydrogens is 430 g/mol. The fourth-order valence-electron chi connectivity index (χ4n) is 2.33. The van der Waals surface area contributed by atoms with Gasteiger partial charge in [-0.05, 0) is 40.2 Å². The zero-order valence-corrected chi connectivity index (χ0v) is 14.5. The molecule has 0 saturated carbocycles. The first kappa shape index (κ1) is 17.8. The third kappa shape index (κ3) is 3.14. The second kappa shape index (κ2) is 6.07. The van der Waals surface area contributed by atoms with Crippen LogP contribution < -0.4 is 5.14 Å². The highest BCUT2D eigenvalue weighted by molar-refractivity contribution is 9.10. The molecule has 0 unspecified atom stereocenters. The van der Waals surface area contributed by atoms with Crippen LogP contribution in [0.4, 0.5) is 17.6 Å². The highest BCUT2D eigenvalue weighted by Gasteiger charge is 2.26. The Kier molecular flexibility index (Phi) is 4.33. The molecule has 5 nitrogen and oxygen atoms in total. The number of sulfonamides is 1. The number of primary sulfonamides is 1. The maximum absolute atomic E-state index is 14.2.